The molecule has 0 aromatic heterocycles. The summed E-state index contributed by atoms with van der Waals surface area (Å²) in [5.74, 6) is 0.293. The predicted octanol–water partition coefficient (Wildman–Crippen LogP) is 26.3. The van der Waals surface area contributed by atoms with Gasteiger partial charge in [-0.05, 0) is 219 Å². The van der Waals surface area contributed by atoms with Gasteiger partial charge >= 0.3 is 0 Å². The van der Waals surface area contributed by atoms with Crippen molar-refractivity contribution in [2.45, 2.75) is 136 Å². The quantitative estimate of drug-likeness (QED) is 0.0981. The summed E-state index contributed by atoms with van der Waals surface area (Å²) in [5, 5.41) is 0. The maximum absolute atomic E-state index is 2.55. The minimum atomic E-state index is -0.335. The highest BCUT2D eigenvalue weighted by Crippen LogP contribution is 2.56. The summed E-state index contributed by atoms with van der Waals surface area (Å²) in [6, 6.07) is 86.0. The molecule has 99 heavy (non-hydrogen) atoms. The van der Waals surface area contributed by atoms with Crippen LogP contribution in [0.1, 0.15) is 189 Å². The van der Waals surface area contributed by atoms with E-state index in [1.54, 1.807) is 0 Å². The molecule has 1 atom stereocenters. The largest absolute Gasteiger partial charge is 0.310 e. The minimum Gasteiger partial charge on any atom is -0.310 e. The van der Waals surface area contributed by atoms with Crippen LogP contribution in [0.5, 0.6) is 0 Å². The van der Waals surface area contributed by atoms with Gasteiger partial charge in [0.05, 0.1) is 0 Å². The Morgan fingerprint density at radius 3 is 1.40 bits per heavy atom. The van der Waals surface area contributed by atoms with E-state index in [0.717, 1.165) is 36.3 Å². The van der Waals surface area contributed by atoms with Crippen molar-refractivity contribution < 1.29 is 0 Å². The molecule has 5 aliphatic rings. The molecule has 1 unspecified atom stereocenters. The molecule has 0 fully saturated rings. The summed E-state index contributed by atoms with van der Waals surface area (Å²) in [7, 11) is 0. The molecule has 1 heteroatoms. The summed E-state index contributed by atoms with van der Waals surface area (Å²) in [6.45, 7) is 30.9. The second-order valence-corrected chi connectivity index (χ2v) is 31.7. The normalized spacial score (nSPS) is 16.8. The van der Waals surface area contributed by atoms with Crippen LogP contribution < -0.4 is 4.90 Å². The molecule has 0 saturated carbocycles. The minimum absolute atomic E-state index is 0.0305. The van der Waals surface area contributed by atoms with Gasteiger partial charge in [0.25, 0.3) is 0 Å². The van der Waals surface area contributed by atoms with Gasteiger partial charge in [-0.15, -0.1) is 0 Å². The monoisotopic (exact) mass is 1280 g/mol. The Morgan fingerprint density at radius 2 is 0.828 bits per heavy atom. The number of hydrogen-bond acceptors (Lipinski definition) is 1. The van der Waals surface area contributed by atoms with Crippen molar-refractivity contribution in [3.63, 3.8) is 0 Å². The van der Waals surface area contributed by atoms with Gasteiger partial charge in [0.1, 0.15) is 0 Å². The molecule has 0 bridgehead atoms. The number of benzene rings is 11. The van der Waals surface area contributed by atoms with E-state index >= 15 is 0 Å². The van der Waals surface area contributed by atoms with Gasteiger partial charge in [0.2, 0.25) is 0 Å². The third kappa shape index (κ3) is 10.6. The zero-order chi connectivity index (χ0) is 68.5. The summed E-state index contributed by atoms with van der Waals surface area (Å²) in [6.07, 6.45) is 22.0. The van der Waals surface area contributed by atoms with E-state index in [1.807, 2.05) is 0 Å². The Hall–Kier alpha value is -10.1. The zero-order valence-electron chi connectivity index (χ0n) is 60.1. The van der Waals surface area contributed by atoms with Crippen LogP contribution in [-0.4, -0.2) is 0 Å². The van der Waals surface area contributed by atoms with Crippen LogP contribution in [0.25, 0.3) is 80.5 Å². The van der Waals surface area contributed by atoms with Crippen LogP contribution in [0.15, 0.2) is 248 Å². The molecule has 0 spiro atoms. The number of anilines is 3. The van der Waals surface area contributed by atoms with Gasteiger partial charge in [-0.3, -0.25) is 0 Å². The van der Waals surface area contributed by atoms with E-state index in [1.165, 1.54) is 156 Å². The fourth-order valence-electron chi connectivity index (χ4n) is 17.9. The molecule has 11 aromatic carbocycles. The van der Waals surface area contributed by atoms with Crippen molar-refractivity contribution in [3.05, 3.63) is 348 Å². The summed E-state index contributed by atoms with van der Waals surface area (Å²) >= 11 is 0. The number of nitrogens with zero attached hydrogens (tertiary/aromatic N) is 1. The number of allylic oxidation sites excluding steroid dienone is 5. The van der Waals surface area contributed by atoms with Crippen LogP contribution in [0.2, 0.25) is 0 Å². The number of hydrogen-bond donors (Lipinski definition) is 0. The Labute approximate surface area is 589 Å². The average Bonchev–Trinajstić information content (AvgIpc) is 1.60. The van der Waals surface area contributed by atoms with Gasteiger partial charge in [-0.2, -0.15) is 0 Å². The molecule has 1 nitrogen and oxygen atoms in total. The highest BCUT2D eigenvalue weighted by molar-refractivity contribution is 5.92. The van der Waals surface area contributed by atoms with Crippen molar-refractivity contribution >= 4 is 53.0 Å². The Balaban J connectivity index is 0.728. The van der Waals surface area contributed by atoms with Crippen molar-refractivity contribution in [1.82, 2.24) is 0 Å². The van der Waals surface area contributed by atoms with Crippen molar-refractivity contribution in [1.29, 1.82) is 0 Å². The number of rotatable bonds is 14. The SMILES string of the molecule is CCCc1cc(/C=C/c2ccc3c(c2)C(C)(C)c2cc(N(c4cccc(C(C)(C)c5cc(/C=C/c6ccc7c(c6)C(C)(C)c6ccccc6-7)ccc5C)c4)c4ccc5c(c4)C(C)(C)C4=C5C=CC(/C=C/c5ccc6c(c5)C(C)(C)c5ccccc5-6)C4)ccc2-3)ccc1-c1ccccc1C. The maximum atomic E-state index is 2.55. The molecular weight excluding hydrogens is 1190 g/mol. The predicted molar refractivity (Wildman–Crippen MR) is 425 cm³/mol. The van der Waals surface area contributed by atoms with Gasteiger partial charge < -0.3 is 4.90 Å². The Bertz CT molecular complexity index is 5300. The highest BCUT2D eigenvalue weighted by atomic mass is 15.1. The molecule has 16 rings (SSSR count). The fraction of sp³-hybridized carbons (Fsp3) is 0.224. The third-order valence-electron chi connectivity index (χ3n) is 23.7. The smallest absolute Gasteiger partial charge is 0.0465 e. The maximum Gasteiger partial charge on any atom is 0.0465 e. The zero-order valence-corrected chi connectivity index (χ0v) is 60.1. The molecule has 0 aliphatic heterocycles. The van der Waals surface area contributed by atoms with Crippen LogP contribution in [0, 0.1) is 19.8 Å². The number of aryl methyl sites for hydroxylation is 3. The molecule has 11 aromatic rings. The van der Waals surface area contributed by atoms with Crippen molar-refractivity contribution in [2.75, 3.05) is 4.90 Å². The van der Waals surface area contributed by atoms with Crippen molar-refractivity contribution in [2.24, 2.45) is 5.92 Å². The summed E-state index contributed by atoms with van der Waals surface area (Å²) < 4.78 is 0. The lowest BCUT2D eigenvalue weighted by Crippen LogP contribution is -2.22. The average molecular weight is 1280 g/mol. The van der Waals surface area contributed by atoms with Gasteiger partial charge in [0.15, 0.2) is 0 Å². The number of fused-ring (bicyclic) bond motifs is 11. The van der Waals surface area contributed by atoms with Gasteiger partial charge in [-0.1, -0.05) is 325 Å². The third-order valence-corrected chi connectivity index (χ3v) is 23.7. The topological polar surface area (TPSA) is 3.24 Å². The summed E-state index contributed by atoms with van der Waals surface area (Å²) in [4.78, 5) is 2.55. The first-order valence-electron chi connectivity index (χ1n) is 36.2. The van der Waals surface area contributed by atoms with Gasteiger partial charge in [0, 0.05) is 44.1 Å². The van der Waals surface area contributed by atoms with E-state index in [0.29, 0.717) is 5.92 Å². The molecule has 488 valence electrons. The molecular formula is C98H91N. The molecule has 0 N–H and O–H groups in total. The van der Waals surface area contributed by atoms with Gasteiger partial charge in [-0.25, -0.2) is 0 Å². The second kappa shape index (κ2) is 23.8. The molecule has 5 aliphatic carbocycles. The van der Waals surface area contributed by atoms with Crippen LogP contribution >= 0.6 is 0 Å². The fourth-order valence-corrected chi connectivity index (χ4v) is 17.9. The van der Waals surface area contributed by atoms with Crippen molar-refractivity contribution in [3.8, 4) is 44.5 Å². The Kier molecular flexibility index (Phi) is 15.3. The first kappa shape index (κ1) is 63.6. The molecule has 0 amide bonds. The first-order valence-corrected chi connectivity index (χ1v) is 36.2. The van der Waals surface area contributed by atoms with E-state index in [2.05, 4.69) is 368 Å². The molecule has 0 heterocycles. The second-order valence-electron chi connectivity index (χ2n) is 31.7. The molecule has 0 saturated heterocycles. The lowest BCUT2D eigenvalue weighted by Gasteiger charge is -2.33. The molecule has 0 radical (unpaired) electrons. The van der Waals surface area contributed by atoms with E-state index in [-0.39, 0.29) is 27.1 Å². The van der Waals surface area contributed by atoms with Crippen LogP contribution in [0.3, 0.4) is 0 Å². The highest BCUT2D eigenvalue weighted by Gasteiger charge is 2.42. The van der Waals surface area contributed by atoms with Crippen LogP contribution in [0.4, 0.5) is 17.1 Å². The lowest BCUT2D eigenvalue weighted by molar-refractivity contribution is 0.584. The van der Waals surface area contributed by atoms with E-state index < -0.39 is 0 Å². The standard InChI is InChI=1S/C98H91N/c1-14-22-70-53-64(39-46-76(70)75-26-16-15-23-62(75)2)33-34-66-42-49-81-83-51-44-73(60-92(83)97(10,11)90(81)57-66)99(72-25-21-24-71(59-72)94(4,5)87-54-65(32-31-63(87)3)35-36-67-40-47-79-77-27-17-19-29-85(77)95(6,7)88(79)55-67)74-45-52-84-82-50-43-69(58-91(82)98(12,13)93(84)61-74)38-37-68-41-48-80-78-28-18-20-30-86(78)96(8,9)89(80)56-68/h15-21,23-57,59-61,69H,14,22,58H2,1-13H3/b34-33+,36-35+,38-37+. The Morgan fingerprint density at radius 1 is 0.384 bits per heavy atom. The lowest BCUT2D eigenvalue weighted by atomic mass is 9.75. The van der Waals surface area contributed by atoms with Crippen LogP contribution in [-0.2, 0) is 33.5 Å². The van der Waals surface area contributed by atoms with E-state index in [4.69, 9.17) is 0 Å². The van der Waals surface area contributed by atoms with E-state index in [9.17, 15) is 0 Å². The first-order chi connectivity index (χ1) is 47.6. The summed E-state index contributed by atoms with van der Waals surface area (Å²) in [5.41, 5.74) is 40.0.